The second kappa shape index (κ2) is 7.74. The van der Waals surface area contributed by atoms with Gasteiger partial charge < -0.3 is 14.9 Å². The third kappa shape index (κ3) is 4.87. The van der Waals surface area contributed by atoms with Crippen molar-refractivity contribution in [2.75, 3.05) is 0 Å². The van der Waals surface area contributed by atoms with E-state index < -0.39 is 0 Å². The van der Waals surface area contributed by atoms with Crippen LogP contribution in [0.15, 0.2) is 78.9 Å². The number of hydrogen-bond donors (Lipinski definition) is 2. The lowest BCUT2D eigenvalue weighted by Gasteiger charge is -2.04. The first-order valence-corrected chi connectivity index (χ1v) is 6.91. The van der Waals surface area contributed by atoms with Crippen LogP contribution in [0.25, 0.3) is 0 Å². The van der Waals surface area contributed by atoms with Gasteiger partial charge in [0, 0.05) is 0 Å². The molecule has 0 aliphatic heterocycles. The van der Waals surface area contributed by atoms with Gasteiger partial charge in [-0.3, -0.25) is 0 Å². The van der Waals surface area contributed by atoms with Gasteiger partial charge in [-0.1, -0.05) is 36.4 Å². The predicted octanol–water partition coefficient (Wildman–Crippen LogP) is 4.89. The Kier molecular flexibility index (Phi) is 5.44. The normalized spacial score (nSPS) is 9.50. The molecule has 0 atom stereocenters. The van der Waals surface area contributed by atoms with E-state index in [2.05, 4.69) is 0 Å². The summed E-state index contributed by atoms with van der Waals surface area (Å²) < 4.78 is 5.52. The number of phenolic OH excluding ortho intramolecular Hbond substituents is 2. The van der Waals surface area contributed by atoms with Crippen LogP contribution >= 0.6 is 0 Å². The summed E-state index contributed by atoms with van der Waals surface area (Å²) in [5.74, 6) is 2.12. The second-order valence-corrected chi connectivity index (χ2v) is 4.70. The third-order valence-corrected chi connectivity index (χ3v) is 2.93. The number of benzene rings is 3. The molecular formula is C19H18O3. The third-order valence-electron chi connectivity index (χ3n) is 2.93. The van der Waals surface area contributed by atoms with Crippen LogP contribution < -0.4 is 4.74 Å². The number of aryl methyl sites for hydroxylation is 1. The highest BCUT2D eigenvalue weighted by Crippen LogP contribution is 2.22. The number of para-hydroxylation sites is 2. The van der Waals surface area contributed by atoms with Gasteiger partial charge in [0.15, 0.2) is 0 Å². The van der Waals surface area contributed by atoms with E-state index in [1.165, 1.54) is 0 Å². The molecule has 0 bridgehead atoms. The SMILES string of the molecule is Cc1ccccc1O.Oc1ccc(Oc2ccccc2)cc1. The Morgan fingerprint density at radius 1 is 0.636 bits per heavy atom. The molecule has 0 aliphatic carbocycles. The van der Waals surface area contributed by atoms with Crippen molar-refractivity contribution in [1.82, 2.24) is 0 Å². The summed E-state index contributed by atoms with van der Waals surface area (Å²) in [4.78, 5) is 0. The fourth-order valence-corrected chi connectivity index (χ4v) is 1.70. The van der Waals surface area contributed by atoms with E-state index in [0.29, 0.717) is 11.5 Å². The van der Waals surface area contributed by atoms with Gasteiger partial charge in [0.25, 0.3) is 0 Å². The van der Waals surface area contributed by atoms with Crippen LogP contribution in [-0.2, 0) is 0 Å². The minimum atomic E-state index is 0.241. The lowest BCUT2D eigenvalue weighted by Crippen LogP contribution is -1.81. The molecule has 0 saturated carbocycles. The van der Waals surface area contributed by atoms with Crippen molar-refractivity contribution in [2.45, 2.75) is 6.92 Å². The van der Waals surface area contributed by atoms with Crippen LogP contribution in [0.2, 0.25) is 0 Å². The maximum Gasteiger partial charge on any atom is 0.127 e. The minimum absolute atomic E-state index is 0.241. The number of rotatable bonds is 2. The standard InChI is InChI=1S/C12H10O2.C7H8O/c13-10-6-8-12(9-7-10)14-11-4-2-1-3-5-11;1-6-4-2-3-5-7(6)8/h1-9,13H;2-5,8H,1H3. The summed E-state index contributed by atoms with van der Waals surface area (Å²) in [6.07, 6.45) is 0. The Morgan fingerprint density at radius 2 is 1.18 bits per heavy atom. The highest BCUT2D eigenvalue weighted by molar-refractivity contribution is 5.34. The Hall–Kier alpha value is -2.94. The van der Waals surface area contributed by atoms with Crippen molar-refractivity contribution < 1.29 is 14.9 Å². The average molecular weight is 294 g/mol. The summed E-state index contributed by atoms with van der Waals surface area (Å²) in [5.41, 5.74) is 0.924. The average Bonchev–Trinajstić information content (AvgIpc) is 2.54. The largest absolute Gasteiger partial charge is 0.508 e. The van der Waals surface area contributed by atoms with Crippen LogP contribution in [0.3, 0.4) is 0 Å². The Morgan fingerprint density at radius 3 is 1.73 bits per heavy atom. The molecule has 0 amide bonds. The molecule has 3 rings (SSSR count). The molecule has 2 N–H and O–H groups in total. The summed E-state index contributed by atoms with van der Waals surface area (Å²) >= 11 is 0. The van der Waals surface area contributed by atoms with E-state index in [9.17, 15) is 0 Å². The van der Waals surface area contributed by atoms with E-state index >= 15 is 0 Å². The van der Waals surface area contributed by atoms with Crippen molar-refractivity contribution in [1.29, 1.82) is 0 Å². The summed E-state index contributed by atoms with van der Waals surface area (Å²) in [6.45, 7) is 1.87. The number of hydrogen-bond acceptors (Lipinski definition) is 3. The molecule has 0 aromatic heterocycles. The van der Waals surface area contributed by atoms with Crippen molar-refractivity contribution in [2.24, 2.45) is 0 Å². The topological polar surface area (TPSA) is 49.7 Å². The number of aromatic hydroxyl groups is 2. The zero-order chi connectivity index (χ0) is 15.8. The van der Waals surface area contributed by atoms with E-state index in [4.69, 9.17) is 14.9 Å². The molecule has 0 aliphatic rings. The van der Waals surface area contributed by atoms with Gasteiger partial charge in [0.2, 0.25) is 0 Å². The monoisotopic (exact) mass is 294 g/mol. The molecule has 3 heteroatoms. The predicted molar refractivity (Wildman–Crippen MR) is 87.5 cm³/mol. The Bertz CT molecular complexity index is 670. The highest BCUT2D eigenvalue weighted by Gasteiger charge is 1.95. The van der Waals surface area contributed by atoms with Crippen LogP contribution in [0.4, 0.5) is 0 Å². The first kappa shape index (κ1) is 15.4. The lowest BCUT2D eigenvalue weighted by molar-refractivity contribution is 0.464. The summed E-state index contributed by atoms with van der Waals surface area (Å²) in [7, 11) is 0. The van der Waals surface area contributed by atoms with E-state index in [0.717, 1.165) is 11.3 Å². The molecular weight excluding hydrogens is 276 g/mol. The van der Waals surface area contributed by atoms with Crippen molar-refractivity contribution in [3.05, 3.63) is 84.4 Å². The molecule has 3 aromatic carbocycles. The summed E-state index contributed by atoms with van der Waals surface area (Å²) in [6, 6.07) is 23.4. The maximum atomic E-state index is 9.07. The highest BCUT2D eigenvalue weighted by atomic mass is 16.5. The molecule has 3 nitrogen and oxygen atoms in total. The number of phenols is 2. The Balaban J connectivity index is 0.000000188. The fourth-order valence-electron chi connectivity index (χ4n) is 1.70. The second-order valence-electron chi connectivity index (χ2n) is 4.70. The zero-order valence-corrected chi connectivity index (χ0v) is 12.3. The van der Waals surface area contributed by atoms with Crippen LogP contribution in [0.5, 0.6) is 23.0 Å². The van der Waals surface area contributed by atoms with Gasteiger partial charge in [-0.2, -0.15) is 0 Å². The molecule has 0 heterocycles. The van der Waals surface area contributed by atoms with Crippen LogP contribution in [-0.4, -0.2) is 10.2 Å². The number of ether oxygens (including phenoxy) is 1. The first-order chi connectivity index (χ1) is 10.6. The molecule has 22 heavy (non-hydrogen) atoms. The zero-order valence-electron chi connectivity index (χ0n) is 12.3. The van der Waals surface area contributed by atoms with E-state index in [1.54, 1.807) is 30.3 Å². The fraction of sp³-hybridized carbons (Fsp3) is 0.0526. The minimum Gasteiger partial charge on any atom is -0.508 e. The molecule has 0 saturated heterocycles. The van der Waals surface area contributed by atoms with Gasteiger partial charge in [0.1, 0.15) is 23.0 Å². The van der Waals surface area contributed by atoms with Gasteiger partial charge in [0.05, 0.1) is 0 Å². The van der Waals surface area contributed by atoms with Crippen molar-refractivity contribution in [3.63, 3.8) is 0 Å². The smallest absolute Gasteiger partial charge is 0.127 e. The van der Waals surface area contributed by atoms with Crippen molar-refractivity contribution >= 4 is 0 Å². The van der Waals surface area contributed by atoms with Crippen molar-refractivity contribution in [3.8, 4) is 23.0 Å². The molecule has 0 fully saturated rings. The molecule has 0 spiro atoms. The first-order valence-electron chi connectivity index (χ1n) is 6.91. The van der Waals surface area contributed by atoms with Crippen LogP contribution in [0.1, 0.15) is 5.56 Å². The quantitative estimate of drug-likeness (QED) is 0.708. The van der Waals surface area contributed by atoms with Gasteiger partial charge in [-0.15, -0.1) is 0 Å². The van der Waals surface area contributed by atoms with Gasteiger partial charge in [-0.25, -0.2) is 0 Å². The summed E-state index contributed by atoms with van der Waals surface area (Å²) in [5, 5.41) is 18.0. The molecule has 3 aromatic rings. The van der Waals surface area contributed by atoms with E-state index in [-0.39, 0.29) is 5.75 Å². The van der Waals surface area contributed by atoms with Gasteiger partial charge in [-0.05, 0) is 55.0 Å². The molecule has 112 valence electrons. The van der Waals surface area contributed by atoms with E-state index in [1.807, 2.05) is 55.5 Å². The molecule has 0 unspecified atom stereocenters. The van der Waals surface area contributed by atoms with Crippen LogP contribution in [0, 0.1) is 6.92 Å². The lowest BCUT2D eigenvalue weighted by atomic mass is 10.2. The molecule has 0 radical (unpaired) electrons. The Labute approximate surface area is 130 Å². The maximum absolute atomic E-state index is 9.07. The van der Waals surface area contributed by atoms with Gasteiger partial charge >= 0.3 is 0 Å².